The van der Waals surface area contributed by atoms with Crippen molar-refractivity contribution in [1.29, 1.82) is 0 Å². The van der Waals surface area contributed by atoms with Gasteiger partial charge >= 0.3 is 0 Å². The summed E-state index contributed by atoms with van der Waals surface area (Å²) in [7, 11) is 0. The maximum atomic E-state index is 13.6. The number of nitrogens with one attached hydrogen (secondary N) is 1. The molecule has 142 valence electrons. The van der Waals surface area contributed by atoms with Crippen LogP contribution < -0.4 is 0 Å². The molecule has 0 saturated heterocycles. The van der Waals surface area contributed by atoms with Gasteiger partial charge in [0, 0.05) is 16.3 Å². The molecule has 0 aliphatic rings. The molecule has 2 aromatic carbocycles. The van der Waals surface area contributed by atoms with E-state index in [-0.39, 0.29) is 11.6 Å². The fourth-order valence-corrected chi connectivity index (χ4v) is 4.13. The fraction of sp³-hybridized carbons (Fsp3) is 0.0476. The van der Waals surface area contributed by atoms with Crippen LogP contribution in [0.3, 0.4) is 0 Å². The number of hydrogen-bond donors (Lipinski definition) is 2. The van der Waals surface area contributed by atoms with Crippen LogP contribution in [-0.2, 0) is 0 Å². The minimum absolute atomic E-state index is 0.165. The molecule has 3 aromatic heterocycles. The predicted octanol–water partition coefficient (Wildman–Crippen LogP) is 6.41. The van der Waals surface area contributed by atoms with Gasteiger partial charge in [-0.25, -0.2) is 14.4 Å². The van der Waals surface area contributed by atoms with Crippen LogP contribution in [0.15, 0.2) is 64.4 Å². The van der Waals surface area contributed by atoms with Crippen LogP contribution in [0.25, 0.3) is 32.2 Å². The Labute approximate surface area is 168 Å². The maximum absolute atomic E-state index is 13.6. The molecule has 3 heterocycles. The Morgan fingerprint density at radius 1 is 1.07 bits per heavy atom. The second-order valence-electron chi connectivity index (χ2n) is 6.60. The topological polar surface area (TPSA) is 86.5 Å². The van der Waals surface area contributed by atoms with E-state index in [2.05, 4.69) is 25.2 Å². The van der Waals surface area contributed by atoms with Crippen LogP contribution in [0.4, 0.5) is 15.9 Å². The largest absolute Gasteiger partial charge is 0.493 e. The molecule has 5 aromatic rings. The van der Waals surface area contributed by atoms with E-state index in [9.17, 15) is 9.50 Å². The Morgan fingerprint density at radius 3 is 2.72 bits per heavy atom. The standard InChI is InChI=1S/C21H14FN5OS/c1-11-2-4-12(5-3-11)15-9-29-21-17(15)19(23-10-24-21)27-26-18-14-8-13(22)6-7-16(14)25-20(18)28/h2-10,25,28H,1H3. The van der Waals surface area contributed by atoms with Crippen LogP contribution in [0.5, 0.6) is 5.88 Å². The molecule has 0 atom stereocenters. The van der Waals surface area contributed by atoms with Crippen LogP contribution in [0, 0.1) is 12.7 Å². The lowest BCUT2D eigenvalue weighted by atomic mass is 10.0. The summed E-state index contributed by atoms with van der Waals surface area (Å²) in [6, 6.07) is 12.3. The van der Waals surface area contributed by atoms with Crippen molar-refractivity contribution < 1.29 is 9.50 Å². The summed E-state index contributed by atoms with van der Waals surface area (Å²) in [6.07, 6.45) is 1.43. The molecule has 0 bridgehead atoms. The van der Waals surface area contributed by atoms with E-state index >= 15 is 0 Å². The zero-order chi connectivity index (χ0) is 20.0. The van der Waals surface area contributed by atoms with E-state index in [0.29, 0.717) is 16.7 Å². The summed E-state index contributed by atoms with van der Waals surface area (Å²) in [6.45, 7) is 2.04. The van der Waals surface area contributed by atoms with Crippen molar-refractivity contribution in [2.75, 3.05) is 0 Å². The van der Waals surface area contributed by atoms with E-state index < -0.39 is 5.82 Å². The number of thiophene rings is 1. The van der Waals surface area contributed by atoms with E-state index in [1.807, 2.05) is 36.6 Å². The summed E-state index contributed by atoms with van der Waals surface area (Å²) in [5, 5.41) is 21.9. The summed E-state index contributed by atoms with van der Waals surface area (Å²) in [5.41, 5.74) is 3.91. The van der Waals surface area contributed by atoms with E-state index in [0.717, 1.165) is 21.3 Å². The summed E-state index contributed by atoms with van der Waals surface area (Å²) < 4.78 is 13.6. The van der Waals surface area contributed by atoms with Gasteiger partial charge in [0.2, 0.25) is 5.88 Å². The molecule has 0 fully saturated rings. The Hall–Kier alpha value is -3.65. The van der Waals surface area contributed by atoms with Crippen LogP contribution in [0.2, 0.25) is 0 Å². The number of H-pyrrole nitrogens is 1. The zero-order valence-corrected chi connectivity index (χ0v) is 16.0. The molecular weight excluding hydrogens is 389 g/mol. The first-order chi connectivity index (χ1) is 14.1. The quantitative estimate of drug-likeness (QED) is 0.341. The maximum Gasteiger partial charge on any atom is 0.218 e. The number of hydrogen-bond acceptors (Lipinski definition) is 6. The van der Waals surface area contributed by atoms with E-state index in [1.54, 1.807) is 6.07 Å². The Balaban J connectivity index is 1.65. The zero-order valence-electron chi connectivity index (χ0n) is 15.2. The Kier molecular flexibility index (Phi) is 4.06. The molecule has 29 heavy (non-hydrogen) atoms. The number of aromatic hydroxyl groups is 1. The van der Waals surface area contributed by atoms with Gasteiger partial charge in [-0.1, -0.05) is 29.8 Å². The number of rotatable bonds is 3. The minimum Gasteiger partial charge on any atom is -0.493 e. The van der Waals surface area contributed by atoms with Gasteiger partial charge < -0.3 is 10.1 Å². The third-order valence-corrected chi connectivity index (χ3v) is 5.56. The van der Waals surface area contributed by atoms with Gasteiger partial charge in [-0.2, -0.15) is 0 Å². The molecule has 8 heteroatoms. The smallest absolute Gasteiger partial charge is 0.218 e. The van der Waals surface area contributed by atoms with Crippen LogP contribution in [0.1, 0.15) is 5.56 Å². The monoisotopic (exact) mass is 403 g/mol. The molecule has 0 aliphatic heterocycles. The summed E-state index contributed by atoms with van der Waals surface area (Å²) >= 11 is 1.50. The highest BCUT2D eigenvalue weighted by molar-refractivity contribution is 7.17. The highest BCUT2D eigenvalue weighted by Crippen LogP contribution is 2.40. The molecule has 5 rings (SSSR count). The molecular formula is C21H14FN5OS. The van der Waals surface area contributed by atoms with E-state index in [1.165, 1.54) is 35.4 Å². The first kappa shape index (κ1) is 17.4. The van der Waals surface area contributed by atoms with Gasteiger partial charge in [0.25, 0.3) is 0 Å². The van der Waals surface area contributed by atoms with Crippen molar-refractivity contribution in [3.05, 3.63) is 65.6 Å². The average molecular weight is 403 g/mol. The van der Waals surface area contributed by atoms with Crippen LogP contribution >= 0.6 is 11.3 Å². The molecule has 0 aliphatic carbocycles. The molecule has 2 N–H and O–H groups in total. The summed E-state index contributed by atoms with van der Waals surface area (Å²) in [4.78, 5) is 12.2. The molecule has 0 saturated carbocycles. The van der Waals surface area contributed by atoms with Crippen molar-refractivity contribution >= 4 is 44.0 Å². The third kappa shape index (κ3) is 3.03. The lowest BCUT2D eigenvalue weighted by Gasteiger charge is -2.02. The Morgan fingerprint density at radius 2 is 1.90 bits per heavy atom. The first-order valence-electron chi connectivity index (χ1n) is 8.81. The lowest BCUT2D eigenvalue weighted by Crippen LogP contribution is -1.82. The number of benzene rings is 2. The fourth-order valence-electron chi connectivity index (χ4n) is 3.22. The SMILES string of the molecule is Cc1ccc(-c2csc3ncnc(N=Nc4c(O)[nH]c5ccc(F)cc45)c23)cc1. The number of aryl methyl sites for hydroxylation is 1. The summed E-state index contributed by atoms with van der Waals surface area (Å²) in [5.74, 6) is -0.211. The first-order valence-corrected chi connectivity index (χ1v) is 9.69. The normalized spacial score (nSPS) is 11.8. The Bertz CT molecular complexity index is 1390. The van der Waals surface area contributed by atoms with Crippen molar-refractivity contribution in [2.24, 2.45) is 10.2 Å². The van der Waals surface area contributed by atoms with Gasteiger partial charge in [0.05, 0.1) is 10.9 Å². The second-order valence-corrected chi connectivity index (χ2v) is 7.46. The van der Waals surface area contributed by atoms with Gasteiger partial charge in [-0.05, 0) is 30.7 Å². The molecule has 0 unspecified atom stereocenters. The predicted molar refractivity (Wildman–Crippen MR) is 112 cm³/mol. The van der Waals surface area contributed by atoms with Crippen molar-refractivity contribution in [3.8, 4) is 17.0 Å². The van der Waals surface area contributed by atoms with Crippen LogP contribution in [-0.4, -0.2) is 20.1 Å². The third-order valence-electron chi connectivity index (χ3n) is 4.67. The second kappa shape index (κ2) is 6.75. The highest BCUT2D eigenvalue weighted by atomic mass is 32.1. The molecule has 6 nitrogen and oxygen atoms in total. The van der Waals surface area contributed by atoms with Crippen molar-refractivity contribution in [3.63, 3.8) is 0 Å². The van der Waals surface area contributed by atoms with Crippen molar-refractivity contribution in [2.45, 2.75) is 6.92 Å². The average Bonchev–Trinajstić information content (AvgIpc) is 3.28. The van der Waals surface area contributed by atoms with Crippen molar-refractivity contribution in [1.82, 2.24) is 15.0 Å². The van der Waals surface area contributed by atoms with Gasteiger partial charge in [0.15, 0.2) is 11.5 Å². The number of azo groups is 1. The highest BCUT2D eigenvalue weighted by Gasteiger charge is 2.15. The number of aromatic amines is 1. The van der Waals surface area contributed by atoms with E-state index in [4.69, 9.17) is 0 Å². The van der Waals surface area contributed by atoms with Gasteiger partial charge in [0.1, 0.15) is 17.0 Å². The minimum atomic E-state index is -0.420. The number of nitrogens with zero attached hydrogens (tertiary/aromatic N) is 4. The number of fused-ring (bicyclic) bond motifs is 2. The molecule has 0 spiro atoms. The number of aromatic nitrogens is 3. The van der Waals surface area contributed by atoms with Gasteiger partial charge in [-0.15, -0.1) is 21.6 Å². The molecule has 0 amide bonds. The molecule has 0 radical (unpaired) electrons. The lowest BCUT2D eigenvalue weighted by molar-refractivity contribution is 0.459. The number of halogens is 1. The van der Waals surface area contributed by atoms with Gasteiger partial charge in [-0.3, -0.25) is 0 Å².